The van der Waals surface area contributed by atoms with E-state index in [2.05, 4.69) is 9.69 Å². The summed E-state index contributed by atoms with van der Waals surface area (Å²) in [5.74, 6) is -0.171. The SMILES string of the molecule is COCC(=O)Nc1cc(-c2ccccc2)ns1. The van der Waals surface area contributed by atoms with Gasteiger partial charge in [0.25, 0.3) is 5.91 Å². The lowest BCUT2D eigenvalue weighted by molar-refractivity contribution is -0.119. The average molecular weight is 248 g/mol. The Hall–Kier alpha value is -1.72. The normalized spacial score (nSPS) is 10.2. The second kappa shape index (κ2) is 5.56. The zero-order chi connectivity index (χ0) is 12.1. The number of amides is 1. The van der Waals surface area contributed by atoms with Crippen molar-refractivity contribution in [3.63, 3.8) is 0 Å². The standard InChI is InChI=1S/C12H12N2O2S/c1-16-8-11(15)13-12-7-10(14-17-12)9-5-3-2-4-6-9/h2-7H,8H2,1H3,(H,13,15). The smallest absolute Gasteiger partial charge is 0.250 e. The number of nitrogens with zero attached hydrogens (tertiary/aromatic N) is 1. The quantitative estimate of drug-likeness (QED) is 0.903. The number of carbonyl (C=O) groups excluding carboxylic acids is 1. The number of methoxy groups -OCH3 is 1. The fourth-order valence-corrected chi connectivity index (χ4v) is 2.06. The van der Waals surface area contributed by atoms with Crippen LogP contribution in [0.25, 0.3) is 11.3 Å². The summed E-state index contributed by atoms with van der Waals surface area (Å²) >= 11 is 1.26. The number of hydrogen-bond acceptors (Lipinski definition) is 4. The van der Waals surface area contributed by atoms with Crippen LogP contribution in [0.4, 0.5) is 5.00 Å². The molecule has 88 valence electrons. The van der Waals surface area contributed by atoms with Crippen LogP contribution in [0.2, 0.25) is 0 Å². The van der Waals surface area contributed by atoms with Gasteiger partial charge in [0.2, 0.25) is 0 Å². The third-order valence-corrected chi connectivity index (χ3v) is 2.82. The molecule has 0 radical (unpaired) electrons. The second-order valence-electron chi connectivity index (χ2n) is 3.42. The molecule has 1 aromatic heterocycles. The van der Waals surface area contributed by atoms with Crippen molar-refractivity contribution in [2.24, 2.45) is 0 Å². The molecule has 5 heteroatoms. The summed E-state index contributed by atoms with van der Waals surface area (Å²) in [7, 11) is 1.49. The average Bonchev–Trinajstić information content (AvgIpc) is 2.79. The summed E-state index contributed by atoms with van der Waals surface area (Å²) < 4.78 is 9.03. The lowest BCUT2D eigenvalue weighted by Gasteiger charge is -1.98. The monoisotopic (exact) mass is 248 g/mol. The Kier molecular flexibility index (Phi) is 3.85. The van der Waals surface area contributed by atoms with Crippen molar-refractivity contribution in [3.8, 4) is 11.3 Å². The maximum atomic E-state index is 11.3. The van der Waals surface area contributed by atoms with Crippen molar-refractivity contribution in [2.45, 2.75) is 0 Å². The van der Waals surface area contributed by atoms with E-state index in [9.17, 15) is 4.79 Å². The molecule has 0 aliphatic carbocycles. The number of benzene rings is 1. The molecule has 0 bridgehead atoms. The summed E-state index contributed by atoms with van der Waals surface area (Å²) in [6.45, 7) is 0.0541. The Balaban J connectivity index is 2.09. The van der Waals surface area contributed by atoms with E-state index in [4.69, 9.17) is 4.74 Å². The summed E-state index contributed by atoms with van der Waals surface area (Å²) in [6.07, 6.45) is 0. The van der Waals surface area contributed by atoms with Crippen LogP contribution in [0.3, 0.4) is 0 Å². The zero-order valence-electron chi connectivity index (χ0n) is 9.34. The largest absolute Gasteiger partial charge is 0.375 e. The molecule has 1 N–H and O–H groups in total. The third-order valence-electron chi connectivity index (χ3n) is 2.12. The lowest BCUT2D eigenvalue weighted by atomic mass is 10.2. The molecule has 0 spiro atoms. The van der Waals surface area contributed by atoms with Gasteiger partial charge >= 0.3 is 0 Å². The Bertz CT molecular complexity index is 496. The molecule has 0 atom stereocenters. The highest BCUT2D eigenvalue weighted by molar-refractivity contribution is 7.10. The minimum Gasteiger partial charge on any atom is -0.375 e. The Morgan fingerprint density at radius 1 is 1.41 bits per heavy atom. The van der Waals surface area contributed by atoms with Gasteiger partial charge in [-0.15, -0.1) is 0 Å². The van der Waals surface area contributed by atoms with Gasteiger partial charge in [-0.25, -0.2) is 0 Å². The van der Waals surface area contributed by atoms with Crippen LogP contribution in [0.15, 0.2) is 36.4 Å². The summed E-state index contributed by atoms with van der Waals surface area (Å²) in [4.78, 5) is 11.3. The van der Waals surface area contributed by atoms with E-state index in [0.29, 0.717) is 0 Å². The van der Waals surface area contributed by atoms with E-state index >= 15 is 0 Å². The predicted octanol–water partition coefficient (Wildman–Crippen LogP) is 2.40. The lowest BCUT2D eigenvalue weighted by Crippen LogP contribution is -2.16. The maximum Gasteiger partial charge on any atom is 0.250 e. The van der Waals surface area contributed by atoms with E-state index in [0.717, 1.165) is 16.3 Å². The molecule has 0 unspecified atom stereocenters. The first-order valence-corrected chi connectivity index (χ1v) is 5.88. The Labute approximate surface area is 103 Å². The number of hydrogen-bond donors (Lipinski definition) is 1. The summed E-state index contributed by atoms with van der Waals surface area (Å²) in [6, 6.07) is 11.7. The van der Waals surface area contributed by atoms with Crippen LogP contribution in [0, 0.1) is 0 Å². The van der Waals surface area contributed by atoms with Crippen molar-refractivity contribution < 1.29 is 9.53 Å². The summed E-state index contributed by atoms with van der Waals surface area (Å²) in [5.41, 5.74) is 1.90. The van der Waals surface area contributed by atoms with Crippen LogP contribution < -0.4 is 5.32 Å². The third kappa shape index (κ3) is 3.12. The van der Waals surface area contributed by atoms with Crippen molar-refractivity contribution in [1.29, 1.82) is 0 Å². The molecule has 0 fully saturated rings. The van der Waals surface area contributed by atoms with E-state index < -0.39 is 0 Å². The number of aromatic nitrogens is 1. The molecule has 17 heavy (non-hydrogen) atoms. The van der Waals surface area contributed by atoms with Gasteiger partial charge in [-0.05, 0) is 11.5 Å². The van der Waals surface area contributed by atoms with Crippen molar-refractivity contribution in [2.75, 3.05) is 19.0 Å². The van der Waals surface area contributed by atoms with Gasteiger partial charge in [0, 0.05) is 18.7 Å². The van der Waals surface area contributed by atoms with Crippen molar-refractivity contribution in [1.82, 2.24) is 4.37 Å². The van der Waals surface area contributed by atoms with Gasteiger partial charge < -0.3 is 10.1 Å². The molecule has 2 aromatic rings. The number of rotatable bonds is 4. The van der Waals surface area contributed by atoms with Gasteiger partial charge in [0.1, 0.15) is 11.6 Å². The van der Waals surface area contributed by atoms with Crippen molar-refractivity contribution >= 4 is 22.4 Å². The zero-order valence-corrected chi connectivity index (χ0v) is 10.2. The first kappa shape index (κ1) is 11.8. The number of anilines is 1. The van der Waals surface area contributed by atoms with E-state index in [1.165, 1.54) is 18.6 Å². The Morgan fingerprint density at radius 2 is 2.18 bits per heavy atom. The van der Waals surface area contributed by atoms with Gasteiger partial charge in [0.05, 0.1) is 5.69 Å². The molecule has 0 saturated heterocycles. The molecule has 0 aliphatic rings. The van der Waals surface area contributed by atoms with Gasteiger partial charge in [-0.2, -0.15) is 4.37 Å². The minimum atomic E-state index is -0.171. The summed E-state index contributed by atoms with van der Waals surface area (Å²) in [5, 5.41) is 3.45. The highest BCUT2D eigenvalue weighted by Crippen LogP contribution is 2.24. The topological polar surface area (TPSA) is 51.2 Å². The first-order chi connectivity index (χ1) is 8.29. The van der Waals surface area contributed by atoms with Crippen LogP contribution >= 0.6 is 11.5 Å². The van der Waals surface area contributed by atoms with Crippen molar-refractivity contribution in [3.05, 3.63) is 36.4 Å². The molecule has 2 rings (SSSR count). The molecular formula is C12H12N2O2S. The molecule has 1 heterocycles. The van der Waals surface area contributed by atoms with Gasteiger partial charge in [0.15, 0.2) is 0 Å². The fraction of sp³-hybridized carbons (Fsp3) is 0.167. The van der Waals surface area contributed by atoms with E-state index in [-0.39, 0.29) is 12.5 Å². The second-order valence-corrected chi connectivity index (χ2v) is 4.23. The van der Waals surface area contributed by atoms with Crippen LogP contribution in [0.1, 0.15) is 0 Å². The molecule has 1 amide bonds. The van der Waals surface area contributed by atoms with Gasteiger partial charge in [-0.3, -0.25) is 4.79 Å². The highest BCUT2D eigenvalue weighted by atomic mass is 32.1. The highest BCUT2D eigenvalue weighted by Gasteiger charge is 2.06. The van der Waals surface area contributed by atoms with E-state index in [1.54, 1.807) is 0 Å². The van der Waals surface area contributed by atoms with Crippen LogP contribution in [-0.4, -0.2) is 24.0 Å². The van der Waals surface area contributed by atoms with E-state index in [1.807, 2.05) is 36.4 Å². The molecule has 0 aliphatic heterocycles. The molecule has 4 nitrogen and oxygen atoms in total. The van der Waals surface area contributed by atoms with Crippen LogP contribution in [0.5, 0.6) is 0 Å². The molecule has 1 aromatic carbocycles. The number of ether oxygens (including phenoxy) is 1. The number of nitrogens with one attached hydrogen (secondary N) is 1. The predicted molar refractivity (Wildman–Crippen MR) is 68.1 cm³/mol. The van der Waals surface area contributed by atoms with Crippen LogP contribution in [-0.2, 0) is 9.53 Å². The number of carbonyl (C=O) groups is 1. The fourth-order valence-electron chi connectivity index (χ4n) is 1.38. The minimum absolute atomic E-state index is 0.0541. The maximum absolute atomic E-state index is 11.3. The molecular weight excluding hydrogens is 236 g/mol. The Morgan fingerprint density at radius 3 is 2.88 bits per heavy atom. The molecule has 0 saturated carbocycles. The first-order valence-electron chi connectivity index (χ1n) is 5.10. The van der Waals surface area contributed by atoms with Gasteiger partial charge in [-0.1, -0.05) is 30.3 Å².